The molecule has 8 aromatic carbocycles. The molecule has 1 aliphatic carbocycles. The Balaban J connectivity index is 1.12. The first-order chi connectivity index (χ1) is 33.6. The van der Waals surface area contributed by atoms with Gasteiger partial charge in [0.2, 0.25) is 0 Å². The zero-order valence-corrected chi connectivity index (χ0v) is 46.6. The zero-order valence-electron chi connectivity index (χ0n) is 46.6. The first-order valence-electron chi connectivity index (χ1n) is 26.4. The Hall–Kier alpha value is -6.44. The Morgan fingerprint density at radius 2 is 0.625 bits per heavy atom. The van der Waals surface area contributed by atoms with Crippen LogP contribution in [0.1, 0.15) is 157 Å². The molecular weight excluding hydrogens is 867 g/mol. The van der Waals surface area contributed by atoms with E-state index in [2.05, 4.69) is 292 Å². The smallest absolute Gasteiger partial charge is 0.0467 e. The average molecular weight is 946 g/mol. The molecule has 0 unspecified atom stereocenters. The highest BCUT2D eigenvalue weighted by Crippen LogP contribution is 2.51. The molecule has 72 heavy (non-hydrogen) atoms. The predicted molar refractivity (Wildman–Crippen MR) is 314 cm³/mol. The van der Waals surface area contributed by atoms with Gasteiger partial charge in [-0.3, -0.25) is 0 Å². The van der Waals surface area contributed by atoms with E-state index < -0.39 is 0 Å². The molecule has 0 aromatic heterocycles. The number of hydrogen-bond donors (Lipinski definition) is 0. The zero-order chi connectivity index (χ0) is 51.9. The monoisotopic (exact) mass is 946 g/mol. The minimum absolute atomic E-state index is 0.0164. The summed E-state index contributed by atoms with van der Waals surface area (Å²) < 4.78 is 0. The SMILES string of the molecule is CC(C)(C)c1cc(-c2ccc(-c3cccc(N(c4ccc(-c5cc(C(C)(C)C)cc(C(C)(C)C)c5)cc4)c4ccc5c(c4)C(C)(C)c4ccccc4-5)c3)cc2)cc(-c2cc(C(C)(C)C)cc(C(C)(C)C)c2)c1. The van der Waals surface area contributed by atoms with Gasteiger partial charge in [-0.05, 0) is 164 Å². The van der Waals surface area contributed by atoms with Gasteiger partial charge in [-0.2, -0.15) is 0 Å². The molecule has 0 heterocycles. The van der Waals surface area contributed by atoms with E-state index in [0.29, 0.717) is 0 Å². The van der Waals surface area contributed by atoms with Crippen molar-refractivity contribution in [3.63, 3.8) is 0 Å². The Morgan fingerprint density at radius 1 is 0.264 bits per heavy atom. The van der Waals surface area contributed by atoms with Gasteiger partial charge in [0, 0.05) is 22.5 Å². The standard InChI is InChI=1S/C71H79N/c1-66(2,3)54-36-50(35-51(37-54)53-40-57(69(10,11)12)44-58(41-53)70(13,14)15)47-27-25-46(26-28-47)49-21-20-22-60(42-49)72(61-33-34-63-62-23-18-19-24-64(62)71(16,17)65(63)45-61)59-31-29-48(30-32-59)52-38-55(67(4,5)6)43-56(39-52)68(7,8)9/h18-45H,1-17H3. The average Bonchev–Trinajstić information content (AvgIpc) is 3.55. The van der Waals surface area contributed by atoms with Crippen molar-refractivity contribution in [3.05, 3.63) is 209 Å². The van der Waals surface area contributed by atoms with Crippen molar-refractivity contribution in [2.75, 3.05) is 4.90 Å². The highest BCUT2D eigenvalue weighted by Gasteiger charge is 2.36. The van der Waals surface area contributed by atoms with E-state index in [-0.39, 0.29) is 32.5 Å². The third kappa shape index (κ3) is 10.0. The molecule has 368 valence electrons. The number of hydrogen-bond acceptors (Lipinski definition) is 1. The second kappa shape index (κ2) is 17.9. The van der Waals surface area contributed by atoms with Gasteiger partial charge in [0.25, 0.3) is 0 Å². The van der Waals surface area contributed by atoms with Crippen LogP contribution in [-0.2, 0) is 32.5 Å². The number of anilines is 3. The van der Waals surface area contributed by atoms with Crippen LogP contribution in [0, 0.1) is 0 Å². The molecule has 1 aliphatic rings. The van der Waals surface area contributed by atoms with E-state index in [0.717, 1.165) is 17.1 Å². The summed E-state index contributed by atoms with van der Waals surface area (Å²) >= 11 is 0. The van der Waals surface area contributed by atoms with Crippen LogP contribution < -0.4 is 4.90 Å². The lowest BCUT2D eigenvalue weighted by molar-refractivity contribution is 0.568. The summed E-state index contributed by atoms with van der Waals surface area (Å²) in [5, 5.41) is 0. The summed E-state index contributed by atoms with van der Waals surface area (Å²) in [6.07, 6.45) is 0. The summed E-state index contributed by atoms with van der Waals surface area (Å²) in [6.45, 7) is 39.6. The summed E-state index contributed by atoms with van der Waals surface area (Å²) in [5.74, 6) is 0. The van der Waals surface area contributed by atoms with E-state index in [1.54, 1.807) is 0 Å². The fourth-order valence-corrected chi connectivity index (χ4v) is 10.5. The van der Waals surface area contributed by atoms with E-state index in [4.69, 9.17) is 0 Å². The van der Waals surface area contributed by atoms with Crippen LogP contribution in [0.25, 0.3) is 55.6 Å². The summed E-state index contributed by atoms with van der Waals surface area (Å²) in [7, 11) is 0. The van der Waals surface area contributed by atoms with E-state index in [1.807, 2.05) is 0 Å². The van der Waals surface area contributed by atoms with E-state index in [1.165, 1.54) is 94.6 Å². The molecule has 0 N–H and O–H groups in total. The van der Waals surface area contributed by atoms with Gasteiger partial charge in [0.15, 0.2) is 0 Å². The van der Waals surface area contributed by atoms with Gasteiger partial charge in [-0.25, -0.2) is 0 Å². The maximum absolute atomic E-state index is 2.45. The van der Waals surface area contributed by atoms with Gasteiger partial charge < -0.3 is 4.90 Å². The van der Waals surface area contributed by atoms with Crippen molar-refractivity contribution in [2.45, 2.75) is 150 Å². The molecule has 0 fully saturated rings. The van der Waals surface area contributed by atoms with Crippen molar-refractivity contribution >= 4 is 17.1 Å². The quantitative estimate of drug-likeness (QED) is 0.154. The maximum atomic E-state index is 2.45. The maximum Gasteiger partial charge on any atom is 0.0467 e. The molecule has 0 radical (unpaired) electrons. The van der Waals surface area contributed by atoms with Crippen molar-refractivity contribution in [2.24, 2.45) is 0 Å². The Bertz CT molecular complexity index is 3240. The first-order valence-corrected chi connectivity index (χ1v) is 26.4. The second-order valence-corrected chi connectivity index (χ2v) is 26.6. The molecule has 0 spiro atoms. The number of nitrogens with zero attached hydrogens (tertiary/aromatic N) is 1. The molecule has 0 bridgehead atoms. The van der Waals surface area contributed by atoms with Gasteiger partial charge in [0.05, 0.1) is 0 Å². The third-order valence-electron chi connectivity index (χ3n) is 15.4. The van der Waals surface area contributed by atoms with Crippen LogP contribution >= 0.6 is 0 Å². The molecule has 0 saturated carbocycles. The highest BCUT2D eigenvalue weighted by molar-refractivity contribution is 5.87. The number of fused-ring (bicyclic) bond motifs is 3. The van der Waals surface area contributed by atoms with Crippen LogP contribution in [-0.4, -0.2) is 0 Å². The topological polar surface area (TPSA) is 3.24 Å². The minimum Gasteiger partial charge on any atom is -0.310 e. The van der Waals surface area contributed by atoms with Crippen LogP contribution in [0.5, 0.6) is 0 Å². The lowest BCUT2D eigenvalue weighted by Gasteiger charge is -2.29. The van der Waals surface area contributed by atoms with Gasteiger partial charge in [0.1, 0.15) is 0 Å². The molecule has 9 rings (SSSR count). The molecule has 1 heteroatoms. The molecule has 0 aliphatic heterocycles. The van der Waals surface area contributed by atoms with Crippen LogP contribution in [0.4, 0.5) is 17.1 Å². The van der Waals surface area contributed by atoms with Crippen molar-refractivity contribution in [3.8, 4) is 55.6 Å². The van der Waals surface area contributed by atoms with Gasteiger partial charge in [-0.15, -0.1) is 0 Å². The molecule has 0 saturated heterocycles. The van der Waals surface area contributed by atoms with Crippen molar-refractivity contribution in [1.82, 2.24) is 0 Å². The number of rotatable bonds is 7. The lowest BCUT2D eigenvalue weighted by atomic mass is 9.78. The van der Waals surface area contributed by atoms with Crippen LogP contribution in [0.15, 0.2) is 170 Å². The Morgan fingerprint density at radius 3 is 1.11 bits per heavy atom. The largest absolute Gasteiger partial charge is 0.310 e. The summed E-state index contributed by atoms with van der Waals surface area (Å²) in [4.78, 5) is 2.45. The predicted octanol–water partition coefficient (Wildman–Crippen LogP) is 20.6. The minimum atomic E-state index is -0.122. The van der Waals surface area contributed by atoms with E-state index >= 15 is 0 Å². The molecule has 8 aromatic rings. The third-order valence-corrected chi connectivity index (χ3v) is 15.4. The first kappa shape index (κ1) is 50.5. The number of benzene rings is 8. The normalized spacial score (nSPS) is 13.7. The Labute approximate surface area is 434 Å². The fourth-order valence-electron chi connectivity index (χ4n) is 10.5. The molecule has 0 atom stereocenters. The van der Waals surface area contributed by atoms with Gasteiger partial charge >= 0.3 is 0 Å². The Kier molecular flexibility index (Phi) is 12.6. The van der Waals surface area contributed by atoms with E-state index in [9.17, 15) is 0 Å². The summed E-state index contributed by atoms with van der Waals surface area (Å²) in [5.41, 5.74) is 25.5. The van der Waals surface area contributed by atoms with Crippen LogP contribution in [0.2, 0.25) is 0 Å². The molecular formula is C71H79N. The molecule has 1 nitrogen and oxygen atoms in total. The van der Waals surface area contributed by atoms with Gasteiger partial charge in [-0.1, -0.05) is 245 Å². The van der Waals surface area contributed by atoms with Crippen molar-refractivity contribution in [1.29, 1.82) is 0 Å². The molecule has 0 amide bonds. The second-order valence-electron chi connectivity index (χ2n) is 26.6. The van der Waals surface area contributed by atoms with Crippen LogP contribution in [0.3, 0.4) is 0 Å². The fraction of sp³-hybridized carbons (Fsp3) is 0.324. The summed E-state index contributed by atoms with van der Waals surface area (Å²) in [6, 6.07) is 65.3. The highest BCUT2D eigenvalue weighted by atomic mass is 15.1. The lowest BCUT2D eigenvalue weighted by Crippen LogP contribution is -2.16. The van der Waals surface area contributed by atoms with Crippen molar-refractivity contribution < 1.29 is 0 Å².